The van der Waals surface area contributed by atoms with E-state index in [-0.39, 0.29) is 18.9 Å². The summed E-state index contributed by atoms with van der Waals surface area (Å²) in [5.74, 6) is 1.93. The largest absolute Gasteiger partial charge is 0.414 e. The lowest BCUT2D eigenvalue weighted by molar-refractivity contribution is -0.217. The first kappa shape index (κ1) is 12.2. The van der Waals surface area contributed by atoms with Crippen molar-refractivity contribution >= 4 is 5.84 Å². The van der Waals surface area contributed by atoms with Gasteiger partial charge in [0.25, 0.3) is 0 Å². The van der Waals surface area contributed by atoms with Crippen molar-refractivity contribution in [3.8, 4) is 12.3 Å². The molecule has 0 aromatic heterocycles. The molecule has 0 aliphatic carbocycles. The first-order valence-corrected chi connectivity index (χ1v) is 5.28. The molecule has 0 aromatic carbocycles. The summed E-state index contributed by atoms with van der Waals surface area (Å²) in [4.78, 5) is 4.06. The van der Waals surface area contributed by atoms with Crippen LogP contribution in [0.3, 0.4) is 0 Å². The number of aliphatic imine (C=N–C) groups is 1. The summed E-state index contributed by atoms with van der Waals surface area (Å²) in [6.07, 6.45) is -0.666. The summed E-state index contributed by atoms with van der Waals surface area (Å²) in [5, 5.41) is 0. The van der Waals surface area contributed by atoms with Crippen molar-refractivity contribution in [2.24, 2.45) is 22.1 Å². The van der Waals surface area contributed by atoms with E-state index in [0.29, 0.717) is 0 Å². The molecule has 0 saturated carbocycles. The van der Waals surface area contributed by atoms with Crippen LogP contribution in [0.1, 0.15) is 13.3 Å². The van der Waals surface area contributed by atoms with Gasteiger partial charge in [-0.1, -0.05) is 5.92 Å². The van der Waals surface area contributed by atoms with Crippen molar-refractivity contribution in [1.82, 2.24) is 0 Å². The normalized spacial score (nSPS) is 41.6. The maximum absolute atomic E-state index is 12.7. The van der Waals surface area contributed by atoms with Crippen LogP contribution in [0.15, 0.2) is 4.99 Å². The highest BCUT2D eigenvalue weighted by molar-refractivity contribution is 5.90. The van der Waals surface area contributed by atoms with Crippen LogP contribution >= 0.6 is 0 Å². The lowest BCUT2D eigenvalue weighted by Gasteiger charge is -2.35. The number of hydrogen-bond donors (Lipinski definition) is 1. The minimum Gasteiger partial charge on any atom is -0.386 e. The van der Waals surface area contributed by atoms with E-state index in [2.05, 4.69) is 10.9 Å². The van der Waals surface area contributed by atoms with Gasteiger partial charge < -0.3 is 10.5 Å². The van der Waals surface area contributed by atoms with E-state index in [0.717, 1.165) is 0 Å². The third-order valence-corrected chi connectivity index (χ3v) is 3.49. The van der Waals surface area contributed by atoms with Crippen LogP contribution in [-0.4, -0.2) is 30.8 Å². The highest BCUT2D eigenvalue weighted by Gasteiger charge is 2.56. The van der Waals surface area contributed by atoms with E-state index in [1.807, 2.05) is 0 Å². The summed E-state index contributed by atoms with van der Waals surface area (Å²) < 4.78 is 43.0. The number of nitrogens with zero attached hydrogens (tertiary/aromatic N) is 1. The van der Waals surface area contributed by atoms with Gasteiger partial charge in [-0.05, 0) is 13.3 Å². The fourth-order valence-corrected chi connectivity index (χ4v) is 2.39. The molecule has 0 aromatic rings. The number of amidine groups is 1. The van der Waals surface area contributed by atoms with Gasteiger partial charge in [0.05, 0.1) is 18.1 Å². The Bertz CT molecular complexity index is 399. The second-order valence-corrected chi connectivity index (χ2v) is 4.72. The summed E-state index contributed by atoms with van der Waals surface area (Å²) in [6.45, 7) is 1.59. The predicted octanol–water partition coefficient (Wildman–Crippen LogP) is 1.33. The van der Waals surface area contributed by atoms with Crippen molar-refractivity contribution in [3.63, 3.8) is 0 Å². The number of terminal acetylenes is 1. The topological polar surface area (TPSA) is 47.6 Å². The third kappa shape index (κ3) is 1.89. The van der Waals surface area contributed by atoms with Gasteiger partial charge in [0.15, 0.2) is 6.10 Å². The first-order chi connectivity index (χ1) is 7.78. The van der Waals surface area contributed by atoms with Crippen LogP contribution in [0.4, 0.5) is 13.2 Å². The highest BCUT2D eigenvalue weighted by Crippen LogP contribution is 2.44. The molecule has 94 valence electrons. The van der Waals surface area contributed by atoms with Crippen LogP contribution in [0, 0.1) is 23.7 Å². The smallest absolute Gasteiger partial charge is 0.386 e. The van der Waals surface area contributed by atoms with E-state index in [4.69, 9.17) is 16.9 Å². The van der Waals surface area contributed by atoms with Crippen molar-refractivity contribution in [1.29, 1.82) is 0 Å². The van der Waals surface area contributed by atoms with Gasteiger partial charge in [0.2, 0.25) is 0 Å². The zero-order chi connectivity index (χ0) is 12.8. The number of halogens is 3. The molecule has 3 nitrogen and oxygen atoms in total. The zero-order valence-corrected chi connectivity index (χ0v) is 9.29. The van der Waals surface area contributed by atoms with E-state index in [9.17, 15) is 13.2 Å². The number of alkyl halides is 3. The van der Waals surface area contributed by atoms with Crippen molar-refractivity contribution < 1.29 is 17.9 Å². The first-order valence-electron chi connectivity index (χ1n) is 5.28. The van der Waals surface area contributed by atoms with Crippen molar-refractivity contribution in [2.45, 2.75) is 31.7 Å². The molecule has 2 aliphatic heterocycles. The second-order valence-electron chi connectivity index (χ2n) is 4.72. The van der Waals surface area contributed by atoms with Gasteiger partial charge >= 0.3 is 6.18 Å². The van der Waals surface area contributed by atoms with Crippen LogP contribution in [-0.2, 0) is 4.74 Å². The molecule has 2 unspecified atom stereocenters. The molecule has 0 amide bonds. The van der Waals surface area contributed by atoms with E-state index in [1.54, 1.807) is 6.92 Å². The Morgan fingerprint density at radius 3 is 2.76 bits per heavy atom. The molecular weight excluding hydrogens is 233 g/mol. The molecule has 0 radical (unpaired) electrons. The Hall–Kier alpha value is -1.22. The molecule has 0 spiro atoms. The molecule has 2 N–H and O–H groups in total. The Kier molecular flexibility index (Phi) is 2.62. The monoisotopic (exact) mass is 246 g/mol. The van der Waals surface area contributed by atoms with Crippen LogP contribution in [0.5, 0.6) is 0 Å². The van der Waals surface area contributed by atoms with Crippen LogP contribution < -0.4 is 5.73 Å². The number of fused-ring (bicyclic) bond motifs is 1. The Balaban J connectivity index is 2.31. The Morgan fingerprint density at radius 2 is 2.24 bits per heavy atom. The second kappa shape index (κ2) is 3.64. The standard InChI is InChI=1S/C11H13F3N2O/c1-3-10(2)4-6-7(16-9(10)15)5-17-8(6)11(12,13)14/h1,6-8H,4-5H2,2H3,(H2,15,16)/t6?,7?,8-,10+/m1/s1. The quantitative estimate of drug-likeness (QED) is 0.655. The lowest BCUT2D eigenvalue weighted by atomic mass is 9.74. The molecular formula is C11H13F3N2O. The van der Waals surface area contributed by atoms with E-state index >= 15 is 0 Å². The maximum Gasteiger partial charge on any atom is 0.414 e. The highest BCUT2D eigenvalue weighted by atomic mass is 19.4. The van der Waals surface area contributed by atoms with Gasteiger partial charge in [-0.2, -0.15) is 13.2 Å². The van der Waals surface area contributed by atoms with Crippen LogP contribution in [0.25, 0.3) is 0 Å². The number of nitrogens with two attached hydrogens (primary N) is 1. The number of ether oxygens (including phenoxy) is 1. The Morgan fingerprint density at radius 1 is 1.59 bits per heavy atom. The molecule has 17 heavy (non-hydrogen) atoms. The third-order valence-electron chi connectivity index (χ3n) is 3.49. The summed E-state index contributed by atoms with van der Waals surface area (Å²) in [6, 6.07) is -0.525. The zero-order valence-electron chi connectivity index (χ0n) is 9.29. The van der Waals surface area contributed by atoms with Gasteiger partial charge in [0, 0.05) is 5.92 Å². The van der Waals surface area contributed by atoms with Gasteiger partial charge in [0.1, 0.15) is 5.84 Å². The summed E-state index contributed by atoms with van der Waals surface area (Å²) in [5.41, 5.74) is 4.80. The minimum atomic E-state index is -4.38. The van der Waals surface area contributed by atoms with Crippen LogP contribution in [0.2, 0.25) is 0 Å². The SMILES string of the molecule is C#C[C@@]1(C)CC2C(CO[C@H]2C(F)(F)F)N=C1N. The molecule has 2 heterocycles. The van der Waals surface area contributed by atoms with Crippen molar-refractivity contribution in [2.75, 3.05) is 6.61 Å². The van der Waals surface area contributed by atoms with Gasteiger partial charge in [-0.15, -0.1) is 6.42 Å². The minimum absolute atomic E-state index is 0.0454. The van der Waals surface area contributed by atoms with Gasteiger partial charge in [-0.3, -0.25) is 4.99 Å². The van der Waals surface area contributed by atoms with Crippen molar-refractivity contribution in [3.05, 3.63) is 0 Å². The van der Waals surface area contributed by atoms with E-state index in [1.165, 1.54) is 0 Å². The molecule has 2 aliphatic rings. The average Bonchev–Trinajstić information content (AvgIpc) is 2.61. The maximum atomic E-state index is 12.7. The number of hydrogen-bond acceptors (Lipinski definition) is 3. The molecule has 2 rings (SSSR count). The summed E-state index contributed by atoms with van der Waals surface area (Å²) in [7, 11) is 0. The fourth-order valence-electron chi connectivity index (χ4n) is 2.39. The molecule has 6 heteroatoms. The molecule has 1 saturated heterocycles. The lowest BCUT2D eigenvalue weighted by Crippen LogP contribution is -2.47. The average molecular weight is 246 g/mol. The molecule has 1 fully saturated rings. The van der Waals surface area contributed by atoms with E-state index < -0.39 is 29.7 Å². The summed E-state index contributed by atoms with van der Waals surface area (Å²) >= 11 is 0. The molecule has 4 atom stereocenters. The predicted molar refractivity (Wildman–Crippen MR) is 56.3 cm³/mol. The Labute approximate surface area is 97.2 Å². The van der Waals surface area contributed by atoms with Gasteiger partial charge in [-0.25, -0.2) is 0 Å². The number of rotatable bonds is 0. The molecule has 0 bridgehead atoms. The fraction of sp³-hybridized carbons (Fsp3) is 0.727.